The zero-order valence-corrected chi connectivity index (χ0v) is 32.3. The van der Waals surface area contributed by atoms with Gasteiger partial charge in [0.15, 0.2) is 11.5 Å². The van der Waals surface area contributed by atoms with E-state index >= 15 is 0 Å². The molecule has 0 spiro atoms. The number of hydrogen-bond acceptors (Lipinski definition) is 15. The molecule has 25 heteroatoms. The summed E-state index contributed by atoms with van der Waals surface area (Å²) < 4.78 is 12.8. The number of nitrogens with two attached hydrogens (primary N) is 2. The first-order chi connectivity index (χ1) is 26.6. The molecule has 2 aromatic carbocycles. The van der Waals surface area contributed by atoms with E-state index in [9.17, 15) is 33.9 Å². The zero-order valence-electron chi connectivity index (χ0n) is 29.2. The number of anilines is 2. The lowest BCUT2D eigenvalue weighted by molar-refractivity contribution is 0.0765. The normalized spacial score (nSPS) is 11.1. The minimum absolute atomic E-state index is 0.0193. The van der Waals surface area contributed by atoms with Crippen LogP contribution in [0.15, 0.2) is 71.7 Å². The number of aliphatic hydroxyl groups is 1. The largest absolute Gasteiger partial charge is 0.434 e. The van der Waals surface area contributed by atoms with E-state index in [0.29, 0.717) is 5.57 Å². The Morgan fingerprint density at radius 1 is 0.684 bits per heavy atom. The summed E-state index contributed by atoms with van der Waals surface area (Å²) in [5.41, 5.74) is 6.20. The number of ether oxygens (including phenoxy) is 2. The number of nitrogen functional groups attached to an aromatic ring is 2. The number of rotatable bonds is 8. The topological polar surface area (TPSA) is 318 Å². The molecule has 0 bridgehead atoms. The highest BCUT2D eigenvalue weighted by molar-refractivity contribution is 6.38. The molecule has 0 saturated heterocycles. The van der Waals surface area contributed by atoms with Crippen LogP contribution in [0.5, 0.6) is 23.3 Å². The van der Waals surface area contributed by atoms with Crippen molar-refractivity contribution in [2.75, 3.05) is 11.5 Å². The standard InChI is InChI=1S/C16H14Cl2N6O5.C16H12Cl2N6O4/c1-16(2,28)7-5-10(21-22-13(7)25)29-11-8(17)3-6(4-9(11)18)24-15(27)20-14(26)12(19)23-24;1-6(2)8-5-11(21-22-14(8)25)28-12-9(17)3-7(4-10(12)18)24-16(27)20-15(26)13(19)23-24/h3-5,28H,1-2H3,(H2,19,23)(H,22,25)(H,20,26,27);3-5H,1H2,2H3,(H2,19,23)(H,22,25)(H,20,26,27). The van der Waals surface area contributed by atoms with Crippen LogP contribution in [0, 0.1) is 0 Å². The second-order valence-corrected chi connectivity index (χ2v) is 13.7. The summed E-state index contributed by atoms with van der Waals surface area (Å²) in [6, 6.07) is 7.90. The van der Waals surface area contributed by atoms with Crippen LogP contribution in [0.2, 0.25) is 20.1 Å². The molecule has 6 rings (SSSR count). The molecule has 0 amide bonds. The Bertz CT molecular complexity index is 2900. The van der Waals surface area contributed by atoms with E-state index in [4.69, 9.17) is 67.3 Å². The van der Waals surface area contributed by atoms with Gasteiger partial charge in [-0.15, -0.1) is 20.4 Å². The van der Waals surface area contributed by atoms with Crippen LogP contribution in [0.1, 0.15) is 31.9 Å². The van der Waals surface area contributed by atoms with Crippen LogP contribution in [0.3, 0.4) is 0 Å². The molecular weight excluding hydrogens is 838 g/mol. The lowest BCUT2D eigenvalue weighted by Crippen LogP contribution is -2.33. The van der Waals surface area contributed by atoms with Crippen molar-refractivity contribution < 1.29 is 14.6 Å². The molecule has 57 heavy (non-hydrogen) atoms. The quantitative estimate of drug-likeness (QED) is 0.116. The molecule has 296 valence electrons. The molecule has 9 N–H and O–H groups in total. The van der Waals surface area contributed by atoms with Crippen molar-refractivity contribution in [3.63, 3.8) is 0 Å². The third-order valence-electron chi connectivity index (χ3n) is 7.25. The van der Waals surface area contributed by atoms with Crippen molar-refractivity contribution in [1.29, 1.82) is 0 Å². The number of nitrogens with zero attached hydrogens (tertiary/aromatic N) is 6. The van der Waals surface area contributed by atoms with Gasteiger partial charge >= 0.3 is 11.4 Å². The van der Waals surface area contributed by atoms with E-state index in [1.807, 2.05) is 9.97 Å². The summed E-state index contributed by atoms with van der Waals surface area (Å²) >= 11 is 24.9. The predicted molar refractivity (Wildman–Crippen MR) is 210 cm³/mol. The fourth-order valence-electron chi connectivity index (χ4n) is 4.57. The molecule has 0 unspecified atom stereocenters. The van der Waals surface area contributed by atoms with Crippen molar-refractivity contribution in [3.8, 4) is 34.6 Å². The number of aromatic amines is 4. The van der Waals surface area contributed by atoms with Gasteiger partial charge in [0.25, 0.3) is 22.2 Å². The van der Waals surface area contributed by atoms with E-state index in [-0.39, 0.29) is 65.9 Å². The van der Waals surface area contributed by atoms with Gasteiger partial charge in [0.05, 0.1) is 42.6 Å². The molecule has 4 aromatic heterocycles. The highest BCUT2D eigenvalue weighted by atomic mass is 35.5. The van der Waals surface area contributed by atoms with Gasteiger partial charge in [-0.3, -0.25) is 29.1 Å². The summed E-state index contributed by atoms with van der Waals surface area (Å²) in [5.74, 6) is -0.876. The molecule has 0 aliphatic carbocycles. The van der Waals surface area contributed by atoms with E-state index < -0.39 is 50.9 Å². The Balaban J connectivity index is 0.000000218. The van der Waals surface area contributed by atoms with E-state index in [2.05, 4.69) is 37.2 Å². The van der Waals surface area contributed by atoms with Gasteiger partial charge in [-0.2, -0.15) is 9.36 Å². The minimum atomic E-state index is -1.44. The summed E-state index contributed by atoms with van der Waals surface area (Å²) in [4.78, 5) is 74.2. The lowest BCUT2D eigenvalue weighted by atomic mass is 10.0. The van der Waals surface area contributed by atoms with E-state index in [1.165, 1.54) is 50.2 Å². The SMILES string of the molecule is C=C(C)c1cc(Oc2c(Cl)cc(-n3nc(N)c(=O)[nH]c3=O)cc2Cl)n[nH]c1=O.CC(C)(O)c1cc(Oc2c(Cl)cc(-n3nc(N)c(=O)[nH]c3=O)cc2Cl)n[nH]c1=O. The number of hydrogen-bond donors (Lipinski definition) is 7. The average molecular weight is 864 g/mol. The summed E-state index contributed by atoms with van der Waals surface area (Å²) in [6.45, 7) is 8.22. The van der Waals surface area contributed by atoms with Gasteiger partial charge < -0.3 is 26.0 Å². The monoisotopic (exact) mass is 862 g/mol. The van der Waals surface area contributed by atoms with Gasteiger partial charge in [-0.1, -0.05) is 53.0 Å². The fourth-order valence-corrected chi connectivity index (χ4v) is 5.67. The maximum Gasteiger partial charge on any atom is 0.349 e. The van der Waals surface area contributed by atoms with Gasteiger partial charge in [0.2, 0.25) is 23.4 Å². The van der Waals surface area contributed by atoms with Gasteiger partial charge in [-0.05, 0) is 50.6 Å². The summed E-state index contributed by atoms with van der Waals surface area (Å²) in [7, 11) is 0. The maximum absolute atomic E-state index is 12.0. The third-order valence-corrected chi connectivity index (χ3v) is 8.38. The van der Waals surface area contributed by atoms with Crippen LogP contribution in [-0.2, 0) is 5.60 Å². The molecule has 0 saturated carbocycles. The number of aromatic nitrogens is 10. The highest BCUT2D eigenvalue weighted by Crippen LogP contribution is 2.39. The minimum Gasteiger partial charge on any atom is -0.434 e. The second kappa shape index (κ2) is 16.3. The second-order valence-electron chi connectivity index (χ2n) is 12.0. The molecule has 0 fully saturated rings. The molecule has 21 nitrogen and oxygen atoms in total. The Morgan fingerprint density at radius 2 is 1.07 bits per heavy atom. The zero-order chi connectivity index (χ0) is 42.1. The molecule has 0 radical (unpaired) electrons. The average Bonchev–Trinajstić information content (AvgIpc) is 3.12. The van der Waals surface area contributed by atoms with Crippen LogP contribution in [0.25, 0.3) is 16.9 Å². The highest BCUT2D eigenvalue weighted by Gasteiger charge is 2.23. The van der Waals surface area contributed by atoms with Crippen molar-refractivity contribution in [2.45, 2.75) is 26.4 Å². The maximum atomic E-state index is 12.0. The van der Waals surface area contributed by atoms with Crippen molar-refractivity contribution in [2.24, 2.45) is 0 Å². The van der Waals surface area contributed by atoms with E-state index in [0.717, 1.165) is 9.36 Å². The van der Waals surface area contributed by atoms with E-state index in [1.54, 1.807) is 6.92 Å². The molecule has 4 heterocycles. The molecule has 0 aliphatic rings. The Morgan fingerprint density at radius 3 is 1.46 bits per heavy atom. The van der Waals surface area contributed by atoms with Gasteiger partial charge in [0, 0.05) is 17.7 Å². The molecule has 0 atom stereocenters. The molecular formula is C32H26Cl4N12O9. The number of nitrogens with one attached hydrogen (secondary N) is 4. The predicted octanol–water partition coefficient (Wildman–Crippen LogP) is 2.63. The van der Waals surface area contributed by atoms with Gasteiger partial charge in [0.1, 0.15) is 0 Å². The Kier molecular flexibility index (Phi) is 11.9. The third kappa shape index (κ3) is 9.31. The van der Waals surface area contributed by atoms with Gasteiger partial charge in [-0.25, -0.2) is 19.8 Å². The first-order valence-corrected chi connectivity index (χ1v) is 17.1. The van der Waals surface area contributed by atoms with Crippen LogP contribution < -0.4 is 54.6 Å². The van der Waals surface area contributed by atoms with Crippen LogP contribution in [0.4, 0.5) is 11.6 Å². The van der Waals surface area contributed by atoms with Crippen molar-refractivity contribution in [1.82, 2.24) is 49.9 Å². The molecule has 6 aromatic rings. The van der Waals surface area contributed by atoms with Crippen molar-refractivity contribution >= 4 is 63.6 Å². The smallest absolute Gasteiger partial charge is 0.349 e. The Hall–Kier alpha value is -6.52. The number of benzene rings is 2. The fraction of sp³-hybridized carbons (Fsp3) is 0.125. The van der Waals surface area contributed by atoms with Crippen molar-refractivity contribution in [3.05, 3.63) is 137 Å². The lowest BCUT2D eigenvalue weighted by Gasteiger charge is -2.17. The molecule has 0 aliphatic heterocycles. The van der Waals surface area contributed by atoms with Crippen LogP contribution >= 0.6 is 46.4 Å². The summed E-state index contributed by atoms with van der Waals surface area (Å²) in [6.07, 6.45) is 0. The first kappa shape index (κ1) is 41.6. The number of H-pyrrole nitrogens is 4. The summed E-state index contributed by atoms with van der Waals surface area (Å²) in [5, 5.41) is 29.4. The number of halogens is 4. The number of allylic oxidation sites excluding steroid dienone is 1. The van der Waals surface area contributed by atoms with Crippen LogP contribution in [-0.4, -0.2) is 55.0 Å². The Labute approximate surface area is 336 Å². The first-order valence-electron chi connectivity index (χ1n) is 15.6.